The van der Waals surface area contributed by atoms with Gasteiger partial charge in [0.2, 0.25) is 0 Å². The first-order valence-corrected chi connectivity index (χ1v) is 7.62. The second-order valence-corrected chi connectivity index (χ2v) is 6.04. The van der Waals surface area contributed by atoms with Crippen LogP contribution in [0.15, 0.2) is 36.4 Å². The second-order valence-electron chi connectivity index (χ2n) is 5.60. The van der Waals surface area contributed by atoms with Crippen LogP contribution in [0.5, 0.6) is 0 Å². The molecule has 0 saturated carbocycles. The van der Waals surface area contributed by atoms with Gasteiger partial charge in [-0.15, -0.1) is 0 Å². The Balaban J connectivity index is 2.01. The van der Waals surface area contributed by atoms with Crippen LogP contribution in [0.4, 0.5) is 0 Å². The molecule has 2 aromatic carbocycles. The van der Waals surface area contributed by atoms with E-state index in [0.717, 1.165) is 5.02 Å². The molecule has 1 nitrogen and oxygen atoms in total. The molecule has 104 valence electrons. The maximum Gasteiger partial charge on any atom is 0.0577 e. The summed E-state index contributed by atoms with van der Waals surface area (Å²) in [7, 11) is 2.02. The van der Waals surface area contributed by atoms with Crippen molar-refractivity contribution in [2.24, 2.45) is 0 Å². The first kappa shape index (κ1) is 13.7. The molecule has 1 aliphatic carbocycles. The van der Waals surface area contributed by atoms with E-state index in [4.69, 9.17) is 11.6 Å². The molecular weight excluding hydrogens is 266 g/mol. The number of hydrogen-bond donors (Lipinski definition) is 1. The third-order valence-corrected chi connectivity index (χ3v) is 4.52. The average Bonchev–Trinajstić information content (AvgIpc) is 2.89. The van der Waals surface area contributed by atoms with E-state index in [9.17, 15) is 0 Å². The minimum atomic E-state index is 0.234. The normalized spacial score (nSPS) is 15.2. The lowest BCUT2D eigenvalue weighted by Crippen LogP contribution is -2.18. The van der Waals surface area contributed by atoms with Crippen LogP contribution in [0, 0.1) is 6.92 Å². The maximum atomic E-state index is 6.07. The molecule has 1 aliphatic rings. The maximum absolute atomic E-state index is 6.07. The highest BCUT2D eigenvalue weighted by Gasteiger charge is 2.17. The van der Waals surface area contributed by atoms with E-state index in [1.165, 1.54) is 47.1 Å². The van der Waals surface area contributed by atoms with Gasteiger partial charge in [-0.1, -0.05) is 35.9 Å². The second kappa shape index (κ2) is 5.59. The zero-order valence-electron chi connectivity index (χ0n) is 12.0. The summed E-state index contributed by atoms with van der Waals surface area (Å²) in [6, 6.07) is 13.3. The SMILES string of the molecule is CNC(c1ccc2c(c1)CCC2)c1ccc(Cl)cc1C. The van der Waals surface area contributed by atoms with Gasteiger partial charge in [0, 0.05) is 5.02 Å². The first-order valence-electron chi connectivity index (χ1n) is 7.24. The van der Waals surface area contributed by atoms with Crippen LogP contribution < -0.4 is 5.32 Å². The van der Waals surface area contributed by atoms with Crippen LogP contribution in [0.1, 0.15) is 40.3 Å². The van der Waals surface area contributed by atoms with Crippen molar-refractivity contribution in [2.75, 3.05) is 7.05 Å². The fourth-order valence-corrected chi connectivity index (χ4v) is 3.46. The molecule has 0 heterocycles. The molecule has 0 saturated heterocycles. The molecule has 1 atom stereocenters. The Bertz CT molecular complexity index is 633. The van der Waals surface area contributed by atoms with E-state index in [1.807, 2.05) is 19.2 Å². The predicted molar refractivity (Wildman–Crippen MR) is 85.6 cm³/mol. The lowest BCUT2D eigenvalue weighted by Gasteiger charge is -2.20. The number of aryl methyl sites for hydroxylation is 3. The average molecular weight is 286 g/mol. The Morgan fingerprint density at radius 1 is 1.05 bits per heavy atom. The lowest BCUT2D eigenvalue weighted by atomic mass is 9.93. The summed E-state index contributed by atoms with van der Waals surface area (Å²) >= 11 is 6.07. The fourth-order valence-electron chi connectivity index (χ4n) is 3.24. The van der Waals surface area contributed by atoms with Gasteiger partial charge in [0.25, 0.3) is 0 Å². The summed E-state index contributed by atoms with van der Waals surface area (Å²) in [5.74, 6) is 0. The molecule has 0 fully saturated rings. The Labute approximate surface area is 126 Å². The van der Waals surface area contributed by atoms with Crippen molar-refractivity contribution in [3.8, 4) is 0 Å². The number of rotatable bonds is 3. The quantitative estimate of drug-likeness (QED) is 0.879. The third kappa shape index (κ3) is 2.48. The minimum absolute atomic E-state index is 0.234. The molecule has 0 spiro atoms. The van der Waals surface area contributed by atoms with Gasteiger partial charge in [0.1, 0.15) is 0 Å². The van der Waals surface area contributed by atoms with Crippen molar-refractivity contribution >= 4 is 11.6 Å². The summed E-state index contributed by atoms with van der Waals surface area (Å²) < 4.78 is 0. The smallest absolute Gasteiger partial charge is 0.0577 e. The molecule has 0 aromatic heterocycles. The predicted octanol–water partition coefficient (Wildman–Crippen LogP) is 4.45. The van der Waals surface area contributed by atoms with Gasteiger partial charge in [-0.3, -0.25) is 0 Å². The zero-order valence-corrected chi connectivity index (χ0v) is 12.8. The molecule has 0 amide bonds. The first-order chi connectivity index (χ1) is 9.69. The van der Waals surface area contributed by atoms with Crippen molar-refractivity contribution in [3.63, 3.8) is 0 Å². The number of benzene rings is 2. The molecule has 3 rings (SSSR count). The van der Waals surface area contributed by atoms with Crippen molar-refractivity contribution in [2.45, 2.75) is 32.2 Å². The Morgan fingerprint density at radius 2 is 1.85 bits per heavy atom. The fraction of sp³-hybridized carbons (Fsp3) is 0.333. The van der Waals surface area contributed by atoms with E-state index in [-0.39, 0.29) is 6.04 Å². The highest BCUT2D eigenvalue weighted by molar-refractivity contribution is 6.30. The van der Waals surface area contributed by atoms with Crippen LogP contribution in [0.2, 0.25) is 5.02 Å². The zero-order chi connectivity index (χ0) is 14.1. The van der Waals surface area contributed by atoms with E-state index in [0.29, 0.717) is 0 Å². The summed E-state index contributed by atoms with van der Waals surface area (Å²) in [5.41, 5.74) is 6.93. The lowest BCUT2D eigenvalue weighted by molar-refractivity contribution is 0.686. The molecular formula is C18H20ClN. The summed E-state index contributed by atoms with van der Waals surface area (Å²) in [5, 5.41) is 4.24. The number of halogens is 1. The van der Waals surface area contributed by atoms with Crippen molar-refractivity contribution in [1.82, 2.24) is 5.32 Å². The minimum Gasteiger partial charge on any atom is -0.309 e. The standard InChI is InChI=1S/C18H20ClN/c1-12-10-16(19)8-9-17(12)18(20-2)15-7-6-13-4-3-5-14(13)11-15/h6-11,18,20H,3-5H2,1-2H3. The topological polar surface area (TPSA) is 12.0 Å². The monoisotopic (exact) mass is 285 g/mol. The van der Waals surface area contributed by atoms with Gasteiger partial charge in [-0.2, -0.15) is 0 Å². The molecule has 2 heteroatoms. The van der Waals surface area contributed by atoms with Crippen LogP contribution in [0.3, 0.4) is 0 Å². The van der Waals surface area contributed by atoms with E-state index in [1.54, 1.807) is 0 Å². The van der Waals surface area contributed by atoms with Crippen LogP contribution in [-0.2, 0) is 12.8 Å². The Kier molecular flexibility index (Phi) is 3.82. The van der Waals surface area contributed by atoms with Gasteiger partial charge in [0.05, 0.1) is 6.04 Å². The van der Waals surface area contributed by atoms with Gasteiger partial charge in [0.15, 0.2) is 0 Å². The molecule has 20 heavy (non-hydrogen) atoms. The molecule has 1 unspecified atom stereocenters. The van der Waals surface area contributed by atoms with E-state index < -0.39 is 0 Å². The number of fused-ring (bicyclic) bond motifs is 1. The summed E-state index contributed by atoms with van der Waals surface area (Å²) in [6.07, 6.45) is 3.75. The highest BCUT2D eigenvalue weighted by Crippen LogP contribution is 2.30. The van der Waals surface area contributed by atoms with Crippen LogP contribution >= 0.6 is 11.6 Å². The van der Waals surface area contributed by atoms with Gasteiger partial charge >= 0.3 is 0 Å². The number of hydrogen-bond acceptors (Lipinski definition) is 1. The molecule has 1 N–H and O–H groups in total. The highest BCUT2D eigenvalue weighted by atomic mass is 35.5. The Hall–Kier alpha value is -1.31. The van der Waals surface area contributed by atoms with Crippen molar-refractivity contribution < 1.29 is 0 Å². The van der Waals surface area contributed by atoms with E-state index >= 15 is 0 Å². The molecule has 2 aromatic rings. The Morgan fingerprint density at radius 3 is 2.60 bits per heavy atom. The number of nitrogens with one attached hydrogen (secondary N) is 1. The molecule has 0 aliphatic heterocycles. The van der Waals surface area contributed by atoms with Gasteiger partial charge in [-0.25, -0.2) is 0 Å². The molecule has 0 bridgehead atoms. The summed E-state index contributed by atoms with van der Waals surface area (Å²) in [6.45, 7) is 2.12. The van der Waals surface area contributed by atoms with Crippen LogP contribution in [0.25, 0.3) is 0 Å². The van der Waals surface area contributed by atoms with Gasteiger partial charge < -0.3 is 5.32 Å². The van der Waals surface area contributed by atoms with Gasteiger partial charge in [-0.05, 0) is 73.2 Å². The molecule has 0 radical (unpaired) electrons. The van der Waals surface area contributed by atoms with Crippen molar-refractivity contribution in [3.05, 3.63) is 69.2 Å². The van der Waals surface area contributed by atoms with Crippen LogP contribution in [-0.4, -0.2) is 7.05 Å². The van der Waals surface area contributed by atoms with Crippen molar-refractivity contribution in [1.29, 1.82) is 0 Å². The summed E-state index contributed by atoms with van der Waals surface area (Å²) in [4.78, 5) is 0. The van der Waals surface area contributed by atoms with E-state index in [2.05, 4.69) is 36.5 Å². The third-order valence-electron chi connectivity index (χ3n) is 4.29. The largest absolute Gasteiger partial charge is 0.309 e.